The van der Waals surface area contributed by atoms with Crippen molar-refractivity contribution in [3.05, 3.63) is 24.3 Å². The van der Waals surface area contributed by atoms with Crippen molar-refractivity contribution in [3.63, 3.8) is 0 Å². The van der Waals surface area contributed by atoms with E-state index in [4.69, 9.17) is 9.47 Å². The Morgan fingerprint density at radius 1 is 1.05 bits per heavy atom. The largest absolute Gasteiger partial charge is 0.493 e. The molecule has 20 heavy (non-hydrogen) atoms. The predicted octanol–water partition coefficient (Wildman–Crippen LogP) is 3.30. The maximum absolute atomic E-state index is 5.31. The van der Waals surface area contributed by atoms with Crippen LogP contribution in [0.4, 0.5) is 5.82 Å². The third-order valence-corrected chi connectivity index (χ3v) is 2.78. The Morgan fingerprint density at radius 3 is 2.35 bits per heavy atom. The number of aromatic amines is 1. The molecule has 2 aromatic rings. The van der Waals surface area contributed by atoms with Crippen LogP contribution in [-0.4, -0.2) is 30.0 Å². The van der Waals surface area contributed by atoms with E-state index >= 15 is 0 Å². The van der Waals surface area contributed by atoms with Crippen molar-refractivity contribution in [2.45, 2.75) is 26.3 Å². The van der Waals surface area contributed by atoms with Gasteiger partial charge in [0.15, 0.2) is 11.5 Å². The Morgan fingerprint density at radius 2 is 1.75 bits per heavy atom. The van der Waals surface area contributed by atoms with Gasteiger partial charge in [-0.05, 0) is 39.0 Å². The van der Waals surface area contributed by atoms with Crippen molar-refractivity contribution in [3.8, 4) is 22.8 Å². The Kier molecular flexibility index (Phi) is 3.88. The first-order valence-electron chi connectivity index (χ1n) is 6.49. The SMILES string of the molecule is COc1ccc(-c2cc(NC(C)(C)C)n[nH]2)cc1OC. The first-order valence-corrected chi connectivity index (χ1v) is 6.49. The molecule has 0 saturated carbocycles. The number of methoxy groups -OCH3 is 2. The Balaban J connectivity index is 2.28. The van der Waals surface area contributed by atoms with Crippen molar-refractivity contribution in [1.29, 1.82) is 0 Å². The van der Waals surface area contributed by atoms with Gasteiger partial charge < -0.3 is 14.8 Å². The van der Waals surface area contributed by atoms with Crippen LogP contribution in [0.2, 0.25) is 0 Å². The van der Waals surface area contributed by atoms with Crippen LogP contribution in [0, 0.1) is 0 Å². The minimum absolute atomic E-state index is 0.0237. The molecule has 5 heteroatoms. The number of H-pyrrole nitrogens is 1. The lowest BCUT2D eigenvalue weighted by Gasteiger charge is -2.19. The summed E-state index contributed by atoms with van der Waals surface area (Å²) in [6, 6.07) is 7.75. The third kappa shape index (κ3) is 3.23. The molecule has 0 fully saturated rings. The maximum Gasteiger partial charge on any atom is 0.161 e. The number of aromatic nitrogens is 2. The molecule has 0 atom stereocenters. The fourth-order valence-electron chi connectivity index (χ4n) is 1.92. The fraction of sp³-hybridized carbons (Fsp3) is 0.400. The van der Waals surface area contributed by atoms with Gasteiger partial charge in [0.25, 0.3) is 0 Å². The lowest BCUT2D eigenvalue weighted by atomic mass is 10.1. The molecular weight excluding hydrogens is 254 g/mol. The van der Waals surface area contributed by atoms with Gasteiger partial charge in [0.2, 0.25) is 0 Å². The molecule has 0 saturated heterocycles. The minimum atomic E-state index is -0.0237. The Labute approximate surface area is 119 Å². The standard InChI is InChI=1S/C15H21N3O2/c1-15(2,3)16-14-9-11(17-18-14)10-6-7-12(19-4)13(8-10)20-5/h6-9H,1-5H3,(H2,16,17,18). The molecule has 0 bridgehead atoms. The Bertz CT molecular complexity index is 585. The topological polar surface area (TPSA) is 59.2 Å². The van der Waals surface area contributed by atoms with E-state index in [1.54, 1.807) is 14.2 Å². The van der Waals surface area contributed by atoms with Crippen LogP contribution in [0.3, 0.4) is 0 Å². The predicted molar refractivity (Wildman–Crippen MR) is 80.5 cm³/mol. The smallest absolute Gasteiger partial charge is 0.161 e. The molecule has 0 unspecified atom stereocenters. The number of nitrogens with one attached hydrogen (secondary N) is 2. The van der Waals surface area contributed by atoms with Crippen molar-refractivity contribution in [2.24, 2.45) is 0 Å². The zero-order chi connectivity index (χ0) is 14.8. The highest BCUT2D eigenvalue weighted by atomic mass is 16.5. The highest BCUT2D eigenvalue weighted by Gasteiger charge is 2.13. The molecule has 0 spiro atoms. The van der Waals surface area contributed by atoms with Crippen molar-refractivity contribution in [2.75, 3.05) is 19.5 Å². The van der Waals surface area contributed by atoms with E-state index in [1.807, 2.05) is 24.3 Å². The summed E-state index contributed by atoms with van der Waals surface area (Å²) >= 11 is 0. The lowest BCUT2D eigenvalue weighted by Crippen LogP contribution is -2.26. The molecule has 108 valence electrons. The van der Waals surface area contributed by atoms with E-state index in [9.17, 15) is 0 Å². The molecule has 0 aliphatic heterocycles. The number of nitrogens with zero attached hydrogens (tertiary/aromatic N) is 1. The zero-order valence-electron chi connectivity index (χ0n) is 12.6. The van der Waals surface area contributed by atoms with Gasteiger partial charge in [0, 0.05) is 17.2 Å². The lowest BCUT2D eigenvalue weighted by molar-refractivity contribution is 0.355. The number of hydrogen-bond acceptors (Lipinski definition) is 4. The summed E-state index contributed by atoms with van der Waals surface area (Å²) in [6.45, 7) is 6.29. The first kappa shape index (κ1) is 14.2. The van der Waals surface area contributed by atoms with Gasteiger partial charge in [0.1, 0.15) is 5.82 Å². The quantitative estimate of drug-likeness (QED) is 0.898. The van der Waals surface area contributed by atoms with Crippen LogP contribution in [0.15, 0.2) is 24.3 Å². The summed E-state index contributed by atoms with van der Waals surface area (Å²) in [5, 5.41) is 10.6. The Hall–Kier alpha value is -2.17. The van der Waals surface area contributed by atoms with Gasteiger partial charge in [-0.25, -0.2) is 0 Å². The molecule has 0 amide bonds. The molecule has 2 N–H and O–H groups in total. The molecule has 1 heterocycles. The first-order chi connectivity index (χ1) is 9.43. The highest BCUT2D eigenvalue weighted by Crippen LogP contribution is 2.32. The normalized spacial score (nSPS) is 11.2. The molecule has 0 aliphatic carbocycles. The average molecular weight is 275 g/mol. The van der Waals surface area contributed by atoms with Crippen LogP contribution in [0.25, 0.3) is 11.3 Å². The van der Waals surface area contributed by atoms with Crippen LogP contribution in [0.5, 0.6) is 11.5 Å². The second-order valence-corrected chi connectivity index (χ2v) is 5.61. The molecule has 1 aromatic heterocycles. The van der Waals surface area contributed by atoms with E-state index in [-0.39, 0.29) is 5.54 Å². The second-order valence-electron chi connectivity index (χ2n) is 5.61. The summed E-state index contributed by atoms with van der Waals surface area (Å²) < 4.78 is 10.5. The molecule has 5 nitrogen and oxygen atoms in total. The second kappa shape index (κ2) is 5.45. The van der Waals surface area contributed by atoms with Crippen LogP contribution in [-0.2, 0) is 0 Å². The maximum atomic E-state index is 5.31. The summed E-state index contributed by atoms with van der Waals surface area (Å²) in [5.41, 5.74) is 1.90. The average Bonchev–Trinajstić information content (AvgIpc) is 2.84. The third-order valence-electron chi connectivity index (χ3n) is 2.78. The van der Waals surface area contributed by atoms with Crippen LogP contribution in [0.1, 0.15) is 20.8 Å². The van der Waals surface area contributed by atoms with Gasteiger partial charge in [-0.2, -0.15) is 5.10 Å². The summed E-state index contributed by atoms with van der Waals surface area (Å²) in [7, 11) is 3.25. The van der Waals surface area contributed by atoms with Crippen molar-refractivity contribution < 1.29 is 9.47 Å². The highest BCUT2D eigenvalue weighted by molar-refractivity contribution is 5.66. The number of ether oxygens (including phenoxy) is 2. The fourth-order valence-corrected chi connectivity index (χ4v) is 1.92. The number of benzene rings is 1. The zero-order valence-corrected chi connectivity index (χ0v) is 12.6. The van der Waals surface area contributed by atoms with E-state index in [0.717, 1.165) is 17.1 Å². The van der Waals surface area contributed by atoms with Crippen molar-refractivity contribution >= 4 is 5.82 Å². The van der Waals surface area contributed by atoms with E-state index in [0.29, 0.717) is 11.5 Å². The summed E-state index contributed by atoms with van der Waals surface area (Å²) in [4.78, 5) is 0. The monoisotopic (exact) mass is 275 g/mol. The molecule has 2 rings (SSSR count). The van der Waals surface area contributed by atoms with Crippen LogP contribution >= 0.6 is 0 Å². The number of anilines is 1. The van der Waals surface area contributed by atoms with Gasteiger partial charge in [-0.3, -0.25) is 5.10 Å². The van der Waals surface area contributed by atoms with E-state index < -0.39 is 0 Å². The van der Waals surface area contributed by atoms with Crippen LogP contribution < -0.4 is 14.8 Å². The van der Waals surface area contributed by atoms with Gasteiger partial charge in [-0.15, -0.1) is 0 Å². The van der Waals surface area contributed by atoms with E-state index in [1.165, 1.54) is 0 Å². The summed E-state index contributed by atoms with van der Waals surface area (Å²) in [5.74, 6) is 2.23. The number of hydrogen-bond donors (Lipinski definition) is 2. The minimum Gasteiger partial charge on any atom is -0.493 e. The number of rotatable bonds is 4. The molecule has 1 aromatic carbocycles. The van der Waals surface area contributed by atoms with Gasteiger partial charge in [0.05, 0.1) is 19.9 Å². The summed E-state index contributed by atoms with van der Waals surface area (Å²) in [6.07, 6.45) is 0. The molecule has 0 radical (unpaired) electrons. The molecular formula is C15H21N3O2. The molecule has 0 aliphatic rings. The van der Waals surface area contributed by atoms with Crippen molar-refractivity contribution in [1.82, 2.24) is 10.2 Å². The van der Waals surface area contributed by atoms with Gasteiger partial charge in [-0.1, -0.05) is 0 Å². The van der Waals surface area contributed by atoms with E-state index in [2.05, 4.69) is 36.3 Å². The van der Waals surface area contributed by atoms with Gasteiger partial charge >= 0.3 is 0 Å².